The summed E-state index contributed by atoms with van der Waals surface area (Å²) in [6.45, 7) is 7.47. The Kier molecular flexibility index (Phi) is 6.09. The predicted octanol–water partition coefficient (Wildman–Crippen LogP) is 2.64. The fourth-order valence-electron chi connectivity index (χ4n) is 1.70. The molecule has 0 spiro atoms. The van der Waals surface area contributed by atoms with E-state index in [0.717, 1.165) is 19.4 Å². The van der Waals surface area contributed by atoms with Gasteiger partial charge in [-0.05, 0) is 26.3 Å². The van der Waals surface area contributed by atoms with Gasteiger partial charge in [0.1, 0.15) is 0 Å². The van der Waals surface area contributed by atoms with Crippen molar-refractivity contribution < 1.29 is 4.74 Å². The third-order valence-electron chi connectivity index (χ3n) is 2.63. The summed E-state index contributed by atoms with van der Waals surface area (Å²) in [5.74, 6) is 0.653. The van der Waals surface area contributed by atoms with Crippen LogP contribution < -0.4 is 5.32 Å². The maximum Gasteiger partial charge on any atom is 0.0957 e. The molecule has 98 valence electrons. The smallest absolute Gasteiger partial charge is 0.0957 e. The van der Waals surface area contributed by atoms with Gasteiger partial charge in [-0.25, -0.2) is 4.98 Å². The lowest BCUT2D eigenvalue weighted by atomic mass is 10.1. The lowest BCUT2D eigenvalue weighted by molar-refractivity contribution is 0.118. The summed E-state index contributed by atoms with van der Waals surface area (Å²) in [6, 6.07) is 0. The van der Waals surface area contributed by atoms with Crippen molar-refractivity contribution in [3.05, 3.63) is 15.6 Å². The molecule has 1 N–H and O–H groups in total. The Morgan fingerprint density at radius 2 is 2.00 bits per heavy atom. The van der Waals surface area contributed by atoms with E-state index in [1.165, 1.54) is 15.6 Å². The summed E-state index contributed by atoms with van der Waals surface area (Å²) in [6.07, 6.45) is 2.22. The summed E-state index contributed by atoms with van der Waals surface area (Å²) >= 11 is 1.82. The third-order valence-corrected chi connectivity index (χ3v) is 3.75. The van der Waals surface area contributed by atoms with Crippen LogP contribution in [-0.4, -0.2) is 25.2 Å². The Morgan fingerprint density at radius 3 is 2.53 bits per heavy atom. The van der Waals surface area contributed by atoms with Gasteiger partial charge in [-0.1, -0.05) is 13.8 Å². The van der Waals surface area contributed by atoms with Gasteiger partial charge in [-0.15, -0.1) is 11.3 Å². The lowest BCUT2D eigenvalue weighted by Gasteiger charge is -2.05. The topological polar surface area (TPSA) is 34.1 Å². The number of hydrogen-bond donors (Lipinski definition) is 1. The molecule has 1 aromatic heterocycles. The maximum atomic E-state index is 5.30. The molecular weight excluding hydrogens is 232 g/mol. The Bertz CT molecular complexity index is 336. The van der Waals surface area contributed by atoms with Crippen molar-refractivity contribution in [3.63, 3.8) is 0 Å². The molecule has 1 heterocycles. The quantitative estimate of drug-likeness (QED) is 0.814. The molecule has 1 aromatic rings. The van der Waals surface area contributed by atoms with Gasteiger partial charge in [0.05, 0.1) is 16.8 Å². The van der Waals surface area contributed by atoms with E-state index in [1.54, 1.807) is 7.11 Å². The molecule has 1 unspecified atom stereocenters. The molecule has 4 heteroatoms. The third kappa shape index (κ3) is 4.74. The van der Waals surface area contributed by atoms with Gasteiger partial charge < -0.3 is 10.1 Å². The first-order valence-corrected chi connectivity index (χ1v) is 7.03. The first-order valence-electron chi connectivity index (χ1n) is 6.21. The van der Waals surface area contributed by atoms with Crippen LogP contribution in [0, 0.1) is 5.92 Å². The van der Waals surface area contributed by atoms with Crippen LogP contribution in [0.25, 0.3) is 0 Å². The Hall–Kier alpha value is -0.450. The standard InChI is InChI=1S/C13H24N2OS/c1-9(2)6-11-12(8-14-4)17-13(15-11)7-10(3)16-5/h9-10,14H,6-8H2,1-5H3. The summed E-state index contributed by atoms with van der Waals surface area (Å²) < 4.78 is 5.30. The van der Waals surface area contributed by atoms with Crippen molar-refractivity contribution in [2.24, 2.45) is 5.92 Å². The van der Waals surface area contributed by atoms with E-state index in [0.29, 0.717) is 5.92 Å². The van der Waals surface area contributed by atoms with Gasteiger partial charge in [-0.2, -0.15) is 0 Å². The minimum Gasteiger partial charge on any atom is -0.381 e. The van der Waals surface area contributed by atoms with Crippen LogP contribution in [-0.2, 0) is 24.1 Å². The van der Waals surface area contributed by atoms with E-state index in [-0.39, 0.29) is 6.10 Å². The zero-order valence-corrected chi connectivity index (χ0v) is 12.4. The minimum absolute atomic E-state index is 0.246. The molecule has 0 saturated carbocycles. The number of aromatic nitrogens is 1. The number of rotatable bonds is 7. The van der Waals surface area contributed by atoms with E-state index in [9.17, 15) is 0 Å². The first-order chi connectivity index (χ1) is 8.06. The fourth-order valence-corrected chi connectivity index (χ4v) is 2.92. The molecule has 17 heavy (non-hydrogen) atoms. The molecule has 0 bridgehead atoms. The van der Waals surface area contributed by atoms with Gasteiger partial charge in [0, 0.05) is 25.0 Å². The van der Waals surface area contributed by atoms with E-state index in [4.69, 9.17) is 9.72 Å². The van der Waals surface area contributed by atoms with Crippen molar-refractivity contribution in [1.29, 1.82) is 0 Å². The van der Waals surface area contributed by atoms with Crippen molar-refractivity contribution in [2.45, 2.75) is 46.3 Å². The number of nitrogens with zero attached hydrogens (tertiary/aromatic N) is 1. The fraction of sp³-hybridized carbons (Fsp3) is 0.769. The predicted molar refractivity (Wildman–Crippen MR) is 73.6 cm³/mol. The summed E-state index contributed by atoms with van der Waals surface area (Å²) in [7, 11) is 3.73. The van der Waals surface area contributed by atoms with E-state index in [2.05, 4.69) is 26.1 Å². The molecular formula is C13H24N2OS. The average molecular weight is 256 g/mol. The molecule has 0 aliphatic rings. The van der Waals surface area contributed by atoms with Crippen LogP contribution in [0.1, 0.15) is 36.3 Å². The molecule has 0 aromatic carbocycles. The van der Waals surface area contributed by atoms with E-state index >= 15 is 0 Å². The van der Waals surface area contributed by atoms with Gasteiger partial charge in [0.25, 0.3) is 0 Å². The molecule has 3 nitrogen and oxygen atoms in total. The number of hydrogen-bond acceptors (Lipinski definition) is 4. The molecule has 0 aliphatic heterocycles. The van der Waals surface area contributed by atoms with Gasteiger partial charge in [0.15, 0.2) is 0 Å². The highest BCUT2D eigenvalue weighted by Crippen LogP contribution is 2.22. The number of methoxy groups -OCH3 is 1. The van der Waals surface area contributed by atoms with Crippen molar-refractivity contribution in [2.75, 3.05) is 14.2 Å². The average Bonchev–Trinajstić information content (AvgIpc) is 2.60. The second-order valence-corrected chi connectivity index (χ2v) is 6.02. The Labute approximate surface area is 109 Å². The molecule has 0 saturated heterocycles. The van der Waals surface area contributed by atoms with Crippen LogP contribution in [0.3, 0.4) is 0 Å². The minimum atomic E-state index is 0.246. The second-order valence-electron chi connectivity index (χ2n) is 4.86. The number of thiazole rings is 1. The Morgan fingerprint density at radius 1 is 1.29 bits per heavy atom. The molecule has 1 rings (SSSR count). The molecule has 0 aliphatic carbocycles. The second kappa shape index (κ2) is 7.09. The molecule has 1 atom stereocenters. The highest BCUT2D eigenvalue weighted by molar-refractivity contribution is 7.11. The summed E-state index contributed by atoms with van der Waals surface area (Å²) in [5.41, 5.74) is 1.26. The highest BCUT2D eigenvalue weighted by atomic mass is 32.1. The monoisotopic (exact) mass is 256 g/mol. The molecule has 0 radical (unpaired) electrons. The van der Waals surface area contributed by atoms with Crippen LogP contribution in [0.15, 0.2) is 0 Å². The number of nitrogens with one attached hydrogen (secondary N) is 1. The van der Waals surface area contributed by atoms with Gasteiger partial charge >= 0.3 is 0 Å². The van der Waals surface area contributed by atoms with E-state index < -0.39 is 0 Å². The SMILES string of the molecule is CNCc1sc(CC(C)OC)nc1CC(C)C. The molecule has 0 amide bonds. The van der Waals surface area contributed by atoms with Crippen molar-refractivity contribution in [3.8, 4) is 0 Å². The number of ether oxygens (including phenoxy) is 1. The highest BCUT2D eigenvalue weighted by Gasteiger charge is 2.13. The summed E-state index contributed by atoms with van der Waals surface area (Å²) in [5, 5.41) is 4.41. The van der Waals surface area contributed by atoms with E-state index in [1.807, 2.05) is 18.4 Å². The summed E-state index contributed by atoms with van der Waals surface area (Å²) in [4.78, 5) is 6.13. The van der Waals surface area contributed by atoms with Crippen LogP contribution in [0.4, 0.5) is 0 Å². The van der Waals surface area contributed by atoms with Crippen LogP contribution >= 0.6 is 11.3 Å². The van der Waals surface area contributed by atoms with Crippen LogP contribution in [0.5, 0.6) is 0 Å². The zero-order valence-electron chi connectivity index (χ0n) is 11.5. The lowest BCUT2D eigenvalue weighted by Crippen LogP contribution is -2.08. The zero-order chi connectivity index (χ0) is 12.8. The maximum absolute atomic E-state index is 5.30. The van der Waals surface area contributed by atoms with Crippen molar-refractivity contribution >= 4 is 11.3 Å². The normalized spacial score (nSPS) is 13.3. The van der Waals surface area contributed by atoms with Crippen LogP contribution in [0.2, 0.25) is 0 Å². The largest absolute Gasteiger partial charge is 0.381 e. The Balaban J connectivity index is 2.79. The van der Waals surface area contributed by atoms with Gasteiger partial charge in [-0.3, -0.25) is 0 Å². The van der Waals surface area contributed by atoms with Crippen molar-refractivity contribution in [1.82, 2.24) is 10.3 Å². The molecule has 0 fully saturated rings. The first kappa shape index (κ1) is 14.6. The van der Waals surface area contributed by atoms with Gasteiger partial charge in [0.2, 0.25) is 0 Å².